The molecule has 0 radical (unpaired) electrons. The van der Waals surface area contributed by atoms with Crippen LogP contribution in [0.2, 0.25) is 0 Å². The van der Waals surface area contributed by atoms with Crippen LogP contribution in [-0.2, 0) is 6.42 Å². The Morgan fingerprint density at radius 2 is 2.00 bits per heavy atom. The molecule has 4 heteroatoms. The van der Waals surface area contributed by atoms with E-state index in [4.69, 9.17) is 15.2 Å². The van der Waals surface area contributed by atoms with E-state index in [1.165, 1.54) is 17.7 Å². The first-order valence-electron chi connectivity index (χ1n) is 6.93. The number of rotatable bonds is 3. The van der Waals surface area contributed by atoms with Crippen molar-refractivity contribution in [2.45, 2.75) is 25.5 Å². The molecular weight excluding hydrogens is 269 g/mol. The van der Waals surface area contributed by atoms with Crippen LogP contribution in [0.1, 0.15) is 22.7 Å². The second-order valence-electron chi connectivity index (χ2n) is 5.36. The molecular formula is C17H18FNO2. The van der Waals surface area contributed by atoms with Crippen molar-refractivity contribution in [2.24, 2.45) is 5.73 Å². The minimum absolute atomic E-state index is 0.142. The van der Waals surface area contributed by atoms with Crippen LogP contribution >= 0.6 is 0 Å². The van der Waals surface area contributed by atoms with Gasteiger partial charge < -0.3 is 15.2 Å². The maximum absolute atomic E-state index is 13.1. The molecule has 0 spiro atoms. The van der Waals surface area contributed by atoms with Gasteiger partial charge in [0.05, 0.1) is 13.2 Å². The standard InChI is InChI=1S/C17H18FNO2/c1-10-7-12(18)4-6-15(10)21-16-8-11-3-5-13(20-2)9-14(11)17(16)19/h3-7,9,16-17H,8,19H2,1-2H3. The van der Waals surface area contributed by atoms with Crippen LogP contribution in [-0.4, -0.2) is 13.2 Å². The molecule has 3 rings (SSSR count). The van der Waals surface area contributed by atoms with Crippen LogP contribution in [0, 0.1) is 12.7 Å². The highest BCUT2D eigenvalue weighted by Gasteiger charge is 2.32. The lowest BCUT2D eigenvalue weighted by atomic mass is 10.1. The van der Waals surface area contributed by atoms with E-state index < -0.39 is 0 Å². The molecule has 1 aliphatic carbocycles. The Kier molecular flexibility index (Phi) is 3.55. The molecule has 0 saturated carbocycles. The van der Waals surface area contributed by atoms with Gasteiger partial charge in [0.25, 0.3) is 0 Å². The summed E-state index contributed by atoms with van der Waals surface area (Å²) in [6.45, 7) is 1.83. The van der Waals surface area contributed by atoms with Crippen molar-refractivity contribution in [1.29, 1.82) is 0 Å². The summed E-state index contributed by atoms with van der Waals surface area (Å²) in [5.74, 6) is 1.21. The molecule has 2 aromatic carbocycles. The summed E-state index contributed by atoms with van der Waals surface area (Å²) in [5, 5.41) is 0. The minimum Gasteiger partial charge on any atom is -0.497 e. The third-order valence-electron chi connectivity index (χ3n) is 3.95. The zero-order valence-corrected chi connectivity index (χ0v) is 12.1. The third-order valence-corrected chi connectivity index (χ3v) is 3.95. The Hall–Kier alpha value is -2.07. The van der Waals surface area contributed by atoms with E-state index in [9.17, 15) is 4.39 Å². The van der Waals surface area contributed by atoms with Crippen molar-refractivity contribution in [3.8, 4) is 11.5 Å². The van der Waals surface area contributed by atoms with Gasteiger partial charge in [-0.1, -0.05) is 6.07 Å². The van der Waals surface area contributed by atoms with Gasteiger partial charge in [-0.15, -0.1) is 0 Å². The molecule has 0 aliphatic heterocycles. The number of fused-ring (bicyclic) bond motifs is 1. The molecule has 0 bridgehead atoms. The van der Waals surface area contributed by atoms with Gasteiger partial charge in [0.2, 0.25) is 0 Å². The predicted octanol–water partition coefficient (Wildman–Crippen LogP) is 3.15. The maximum atomic E-state index is 13.1. The smallest absolute Gasteiger partial charge is 0.123 e. The van der Waals surface area contributed by atoms with Crippen molar-refractivity contribution < 1.29 is 13.9 Å². The van der Waals surface area contributed by atoms with E-state index in [0.717, 1.165) is 23.3 Å². The average molecular weight is 287 g/mol. The molecule has 0 saturated heterocycles. The zero-order valence-electron chi connectivity index (χ0n) is 12.1. The van der Waals surface area contributed by atoms with E-state index in [1.807, 2.05) is 25.1 Å². The minimum atomic E-state index is -0.261. The first-order chi connectivity index (χ1) is 10.1. The van der Waals surface area contributed by atoms with Crippen molar-refractivity contribution in [3.05, 3.63) is 58.9 Å². The fraction of sp³-hybridized carbons (Fsp3) is 0.294. The topological polar surface area (TPSA) is 44.5 Å². The lowest BCUT2D eigenvalue weighted by molar-refractivity contribution is 0.183. The second kappa shape index (κ2) is 5.37. The molecule has 2 unspecified atom stereocenters. The van der Waals surface area contributed by atoms with Gasteiger partial charge in [0.1, 0.15) is 23.4 Å². The molecule has 2 N–H and O–H groups in total. The summed E-state index contributed by atoms with van der Waals surface area (Å²) in [6, 6.07) is 10.2. The fourth-order valence-electron chi connectivity index (χ4n) is 2.76. The van der Waals surface area contributed by atoms with Crippen molar-refractivity contribution in [2.75, 3.05) is 7.11 Å². The van der Waals surface area contributed by atoms with Gasteiger partial charge in [0.15, 0.2) is 0 Å². The number of ether oxygens (including phenoxy) is 2. The summed E-state index contributed by atoms with van der Waals surface area (Å²) in [5.41, 5.74) is 9.29. The Balaban J connectivity index is 1.82. The average Bonchev–Trinajstić information content (AvgIpc) is 2.78. The van der Waals surface area contributed by atoms with Gasteiger partial charge in [-0.3, -0.25) is 0 Å². The van der Waals surface area contributed by atoms with Crippen LogP contribution in [0.25, 0.3) is 0 Å². The molecule has 1 aliphatic rings. The summed E-state index contributed by atoms with van der Waals surface area (Å²) in [7, 11) is 1.64. The molecule has 0 heterocycles. The normalized spacial score (nSPS) is 20.2. The van der Waals surface area contributed by atoms with E-state index in [2.05, 4.69) is 0 Å². The number of aryl methyl sites for hydroxylation is 1. The number of nitrogens with two attached hydrogens (primary N) is 1. The van der Waals surface area contributed by atoms with E-state index in [0.29, 0.717) is 5.75 Å². The Labute approximate surface area is 123 Å². The molecule has 110 valence electrons. The maximum Gasteiger partial charge on any atom is 0.123 e. The largest absolute Gasteiger partial charge is 0.497 e. The fourth-order valence-corrected chi connectivity index (χ4v) is 2.76. The lowest BCUT2D eigenvalue weighted by Gasteiger charge is -2.19. The van der Waals surface area contributed by atoms with Crippen LogP contribution < -0.4 is 15.2 Å². The van der Waals surface area contributed by atoms with Gasteiger partial charge in [-0.25, -0.2) is 4.39 Å². The molecule has 2 atom stereocenters. The Bertz CT molecular complexity index is 672. The quantitative estimate of drug-likeness (QED) is 0.943. The van der Waals surface area contributed by atoms with Crippen molar-refractivity contribution in [1.82, 2.24) is 0 Å². The van der Waals surface area contributed by atoms with Crippen molar-refractivity contribution >= 4 is 0 Å². The highest BCUT2D eigenvalue weighted by atomic mass is 19.1. The van der Waals surface area contributed by atoms with Gasteiger partial charge in [0, 0.05) is 6.42 Å². The van der Waals surface area contributed by atoms with E-state index in [-0.39, 0.29) is 18.0 Å². The molecule has 3 nitrogen and oxygen atoms in total. The van der Waals surface area contributed by atoms with E-state index in [1.54, 1.807) is 13.2 Å². The highest BCUT2D eigenvalue weighted by Crippen LogP contribution is 2.35. The van der Waals surface area contributed by atoms with Crippen LogP contribution in [0.5, 0.6) is 11.5 Å². The number of methoxy groups -OCH3 is 1. The first-order valence-corrected chi connectivity index (χ1v) is 6.93. The van der Waals surface area contributed by atoms with Crippen LogP contribution in [0.4, 0.5) is 4.39 Å². The molecule has 0 aromatic heterocycles. The number of hydrogen-bond donors (Lipinski definition) is 1. The van der Waals surface area contributed by atoms with E-state index >= 15 is 0 Å². The number of hydrogen-bond acceptors (Lipinski definition) is 3. The summed E-state index contributed by atoms with van der Waals surface area (Å²) in [4.78, 5) is 0. The third kappa shape index (κ3) is 2.59. The Morgan fingerprint density at radius 3 is 2.71 bits per heavy atom. The Morgan fingerprint density at radius 1 is 1.19 bits per heavy atom. The number of benzene rings is 2. The summed E-state index contributed by atoms with van der Waals surface area (Å²) >= 11 is 0. The lowest BCUT2D eigenvalue weighted by Crippen LogP contribution is -2.28. The monoisotopic (exact) mass is 287 g/mol. The van der Waals surface area contributed by atoms with Gasteiger partial charge in [-0.05, 0) is 53.9 Å². The van der Waals surface area contributed by atoms with Crippen LogP contribution in [0.15, 0.2) is 36.4 Å². The SMILES string of the molecule is COc1ccc2c(c1)C(N)C(Oc1ccc(F)cc1C)C2. The number of halogens is 1. The second-order valence-corrected chi connectivity index (χ2v) is 5.36. The highest BCUT2D eigenvalue weighted by molar-refractivity contribution is 5.43. The molecule has 21 heavy (non-hydrogen) atoms. The summed E-state index contributed by atoms with van der Waals surface area (Å²) in [6.07, 6.45) is 0.605. The summed E-state index contributed by atoms with van der Waals surface area (Å²) < 4.78 is 24.4. The molecule has 0 amide bonds. The zero-order chi connectivity index (χ0) is 15.0. The molecule has 2 aromatic rings. The van der Waals surface area contributed by atoms with Crippen LogP contribution in [0.3, 0.4) is 0 Å². The molecule has 0 fully saturated rings. The predicted molar refractivity (Wildman–Crippen MR) is 79.2 cm³/mol. The van der Waals surface area contributed by atoms with Gasteiger partial charge >= 0.3 is 0 Å². The van der Waals surface area contributed by atoms with Crippen molar-refractivity contribution in [3.63, 3.8) is 0 Å². The van der Waals surface area contributed by atoms with Gasteiger partial charge in [-0.2, -0.15) is 0 Å². The first kappa shape index (κ1) is 13.9.